The van der Waals surface area contributed by atoms with Crippen molar-refractivity contribution in [1.82, 2.24) is 9.55 Å². The molecule has 0 aliphatic rings. The van der Waals surface area contributed by atoms with Crippen molar-refractivity contribution in [2.75, 3.05) is 6.61 Å². The average molecular weight is 286 g/mol. The lowest BCUT2D eigenvalue weighted by Crippen LogP contribution is -2.23. The number of aromatic nitrogens is 2. The van der Waals surface area contributed by atoms with Crippen LogP contribution < -0.4 is 4.74 Å². The molecule has 0 aliphatic heterocycles. The van der Waals surface area contributed by atoms with E-state index < -0.39 is 6.10 Å². The summed E-state index contributed by atoms with van der Waals surface area (Å²) in [6.07, 6.45) is 1.03. The van der Waals surface area contributed by atoms with Gasteiger partial charge in [0.2, 0.25) is 0 Å². The number of nitrogens with zero attached hydrogens (tertiary/aromatic N) is 2. The minimum atomic E-state index is -0.673. The summed E-state index contributed by atoms with van der Waals surface area (Å²) in [7, 11) is 0. The SMILES string of the molecule is O[C@@H](COc1ccc(F)cc1)Cn1cnc2ccccc21. The van der Waals surface area contributed by atoms with E-state index in [4.69, 9.17) is 4.74 Å². The average Bonchev–Trinajstić information content (AvgIpc) is 2.90. The van der Waals surface area contributed by atoms with Gasteiger partial charge in [-0.1, -0.05) is 12.1 Å². The lowest BCUT2D eigenvalue weighted by Gasteiger charge is -2.13. The molecular formula is C16H15FN2O2. The molecule has 1 atom stereocenters. The lowest BCUT2D eigenvalue weighted by molar-refractivity contribution is 0.0934. The van der Waals surface area contributed by atoms with Gasteiger partial charge in [0.05, 0.1) is 23.9 Å². The van der Waals surface area contributed by atoms with Crippen LogP contribution in [0.2, 0.25) is 0 Å². The van der Waals surface area contributed by atoms with E-state index in [0.717, 1.165) is 11.0 Å². The molecule has 0 spiro atoms. The van der Waals surface area contributed by atoms with Crippen LogP contribution >= 0.6 is 0 Å². The van der Waals surface area contributed by atoms with Crippen molar-refractivity contribution >= 4 is 11.0 Å². The summed E-state index contributed by atoms with van der Waals surface area (Å²) in [5.74, 6) is 0.221. The first-order chi connectivity index (χ1) is 10.2. The first-order valence-corrected chi connectivity index (χ1v) is 6.69. The maximum atomic E-state index is 12.8. The molecule has 3 rings (SSSR count). The van der Waals surface area contributed by atoms with Crippen molar-refractivity contribution in [2.45, 2.75) is 12.6 Å². The second kappa shape index (κ2) is 5.93. The number of halogens is 1. The van der Waals surface area contributed by atoms with Crippen molar-refractivity contribution in [2.24, 2.45) is 0 Å². The third-order valence-corrected chi connectivity index (χ3v) is 3.19. The molecule has 0 unspecified atom stereocenters. The van der Waals surface area contributed by atoms with Crippen LogP contribution in [-0.4, -0.2) is 27.4 Å². The summed E-state index contributed by atoms with van der Waals surface area (Å²) in [6, 6.07) is 13.5. The first-order valence-electron chi connectivity index (χ1n) is 6.69. The fourth-order valence-electron chi connectivity index (χ4n) is 2.16. The summed E-state index contributed by atoms with van der Waals surface area (Å²) in [4.78, 5) is 4.27. The number of aliphatic hydroxyl groups is 1. The Morgan fingerprint density at radius 2 is 1.90 bits per heavy atom. The summed E-state index contributed by atoms with van der Waals surface area (Å²) in [5.41, 5.74) is 1.86. The normalized spacial score (nSPS) is 12.5. The molecule has 0 saturated heterocycles. The van der Waals surface area contributed by atoms with Crippen molar-refractivity contribution in [3.05, 3.63) is 60.7 Å². The number of fused-ring (bicyclic) bond motifs is 1. The Labute approximate surface area is 121 Å². The minimum absolute atomic E-state index is 0.137. The predicted octanol–water partition coefficient (Wildman–Crippen LogP) is 2.62. The van der Waals surface area contributed by atoms with Crippen LogP contribution in [0.5, 0.6) is 5.75 Å². The molecule has 0 aliphatic carbocycles. The van der Waals surface area contributed by atoms with E-state index in [2.05, 4.69) is 4.98 Å². The zero-order chi connectivity index (χ0) is 14.7. The zero-order valence-electron chi connectivity index (χ0n) is 11.3. The third kappa shape index (κ3) is 3.20. The summed E-state index contributed by atoms with van der Waals surface area (Å²) < 4.78 is 20.1. The molecule has 1 aromatic heterocycles. The van der Waals surface area contributed by atoms with Gasteiger partial charge in [-0.15, -0.1) is 0 Å². The molecule has 1 N–H and O–H groups in total. The number of rotatable bonds is 5. The number of hydrogen-bond donors (Lipinski definition) is 1. The van der Waals surface area contributed by atoms with Gasteiger partial charge in [0.25, 0.3) is 0 Å². The molecule has 3 aromatic rings. The van der Waals surface area contributed by atoms with Gasteiger partial charge < -0.3 is 14.4 Å². The fourth-order valence-corrected chi connectivity index (χ4v) is 2.16. The number of ether oxygens (including phenoxy) is 1. The largest absolute Gasteiger partial charge is 0.491 e. The van der Waals surface area contributed by atoms with E-state index in [9.17, 15) is 9.50 Å². The molecule has 1 heterocycles. The Morgan fingerprint density at radius 1 is 1.14 bits per heavy atom. The Balaban J connectivity index is 1.61. The molecule has 5 heteroatoms. The van der Waals surface area contributed by atoms with Gasteiger partial charge >= 0.3 is 0 Å². The summed E-state index contributed by atoms with van der Waals surface area (Å²) in [6.45, 7) is 0.528. The lowest BCUT2D eigenvalue weighted by atomic mass is 10.3. The number of hydrogen-bond acceptors (Lipinski definition) is 3. The Morgan fingerprint density at radius 3 is 2.71 bits per heavy atom. The van der Waals surface area contributed by atoms with Crippen molar-refractivity contribution in [3.8, 4) is 5.75 Å². The molecule has 0 amide bonds. The van der Waals surface area contributed by atoms with Crippen LogP contribution in [0, 0.1) is 5.82 Å². The van der Waals surface area contributed by atoms with Crippen molar-refractivity contribution in [3.63, 3.8) is 0 Å². The quantitative estimate of drug-likeness (QED) is 0.784. The van der Waals surface area contributed by atoms with Gasteiger partial charge in [0.1, 0.15) is 24.3 Å². The van der Waals surface area contributed by atoms with Gasteiger partial charge in [-0.25, -0.2) is 9.37 Å². The third-order valence-electron chi connectivity index (χ3n) is 3.19. The highest BCUT2D eigenvalue weighted by Crippen LogP contribution is 2.14. The van der Waals surface area contributed by atoms with E-state index in [-0.39, 0.29) is 12.4 Å². The topological polar surface area (TPSA) is 47.3 Å². The molecule has 0 saturated carbocycles. The second-order valence-electron chi connectivity index (χ2n) is 4.80. The number of benzene rings is 2. The van der Waals surface area contributed by atoms with E-state index in [1.165, 1.54) is 24.3 Å². The van der Waals surface area contributed by atoms with Crippen LogP contribution in [-0.2, 0) is 6.54 Å². The molecule has 0 fully saturated rings. The highest BCUT2D eigenvalue weighted by atomic mass is 19.1. The highest BCUT2D eigenvalue weighted by molar-refractivity contribution is 5.74. The molecule has 108 valence electrons. The fraction of sp³-hybridized carbons (Fsp3) is 0.188. The van der Waals surface area contributed by atoms with Crippen LogP contribution in [0.4, 0.5) is 4.39 Å². The van der Waals surface area contributed by atoms with Crippen LogP contribution in [0.25, 0.3) is 11.0 Å². The van der Waals surface area contributed by atoms with Gasteiger partial charge in [-0.05, 0) is 36.4 Å². The Hall–Kier alpha value is -2.40. The van der Waals surface area contributed by atoms with Crippen LogP contribution in [0.1, 0.15) is 0 Å². The second-order valence-corrected chi connectivity index (χ2v) is 4.80. The van der Waals surface area contributed by atoms with E-state index in [0.29, 0.717) is 12.3 Å². The maximum absolute atomic E-state index is 12.8. The minimum Gasteiger partial charge on any atom is -0.491 e. The highest BCUT2D eigenvalue weighted by Gasteiger charge is 2.09. The van der Waals surface area contributed by atoms with E-state index in [1.807, 2.05) is 28.8 Å². The zero-order valence-corrected chi connectivity index (χ0v) is 11.3. The van der Waals surface area contributed by atoms with Gasteiger partial charge in [-0.3, -0.25) is 0 Å². The predicted molar refractivity (Wildman–Crippen MR) is 77.6 cm³/mol. The molecule has 0 bridgehead atoms. The smallest absolute Gasteiger partial charge is 0.123 e. The summed E-state index contributed by atoms with van der Waals surface area (Å²) in [5, 5.41) is 10.0. The van der Waals surface area contributed by atoms with Crippen LogP contribution in [0.15, 0.2) is 54.9 Å². The standard InChI is InChI=1S/C16H15FN2O2/c17-12-5-7-14(8-6-12)21-10-13(20)9-19-11-18-15-3-1-2-4-16(15)19/h1-8,11,13,20H,9-10H2/t13-/m1/s1. The molecule has 21 heavy (non-hydrogen) atoms. The van der Waals surface area contributed by atoms with Gasteiger partial charge in [0, 0.05) is 0 Å². The molecule has 0 radical (unpaired) electrons. The van der Waals surface area contributed by atoms with E-state index in [1.54, 1.807) is 6.33 Å². The van der Waals surface area contributed by atoms with Gasteiger partial charge in [-0.2, -0.15) is 0 Å². The monoisotopic (exact) mass is 286 g/mol. The van der Waals surface area contributed by atoms with E-state index >= 15 is 0 Å². The summed E-state index contributed by atoms with van der Waals surface area (Å²) >= 11 is 0. The molecule has 2 aromatic carbocycles. The Kier molecular flexibility index (Phi) is 3.83. The number of para-hydroxylation sites is 2. The van der Waals surface area contributed by atoms with Gasteiger partial charge in [0.15, 0.2) is 0 Å². The first kappa shape index (κ1) is 13.6. The molecule has 4 nitrogen and oxygen atoms in total. The van der Waals surface area contributed by atoms with Crippen molar-refractivity contribution < 1.29 is 14.2 Å². The molecular weight excluding hydrogens is 271 g/mol. The Bertz CT molecular complexity index is 724. The van der Waals surface area contributed by atoms with Crippen molar-refractivity contribution in [1.29, 1.82) is 0 Å². The maximum Gasteiger partial charge on any atom is 0.123 e. The number of imidazole rings is 1. The van der Waals surface area contributed by atoms with Crippen LogP contribution in [0.3, 0.4) is 0 Å². The number of aliphatic hydroxyl groups excluding tert-OH is 1.